The van der Waals surface area contributed by atoms with Gasteiger partial charge in [-0.05, 0) is 61.4 Å². The molecular weight excluding hydrogens is 352 g/mol. The highest BCUT2D eigenvalue weighted by atomic mass is 31.2. The molecule has 0 aliphatic heterocycles. The highest BCUT2D eigenvalue weighted by Crippen LogP contribution is 2.48. The van der Waals surface area contributed by atoms with Crippen molar-refractivity contribution in [2.45, 2.75) is 13.8 Å². The standard InChI is InChI=1S/C20H19FNO3P/c1-15-7-5-9-17(13-15)24-26(23,22-20-12-4-3-11-19(20)21)25-18-10-6-8-16(2)14-18/h3-14H,1-2H3,(H,22,23). The Labute approximate surface area is 152 Å². The number of benzene rings is 3. The monoisotopic (exact) mass is 371 g/mol. The Morgan fingerprint density at radius 3 is 1.85 bits per heavy atom. The van der Waals surface area contributed by atoms with E-state index in [-0.39, 0.29) is 5.69 Å². The van der Waals surface area contributed by atoms with Crippen molar-refractivity contribution in [3.05, 3.63) is 89.7 Å². The lowest BCUT2D eigenvalue weighted by molar-refractivity contribution is 0.392. The summed E-state index contributed by atoms with van der Waals surface area (Å²) in [5.41, 5.74) is 1.92. The van der Waals surface area contributed by atoms with E-state index < -0.39 is 13.6 Å². The van der Waals surface area contributed by atoms with Crippen molar-refractivity contribution >= 4 is 13.4 Å². The zero-order valence-electron chi connectivity index (χ0n) is 14.5. The summed E-state index contributed by atoms with van der Waals surface area (Å²) in [5, 5.41) is 2.60. The zero-order valence-corrected chi connectivity index (χ0v) is 15.4. The average Bonchev–Trinajstić information content (AvgIpc) is 2.57. The molecule has 0 aromatic heterocycles. The SMILES string of the molecule is Cc1cccc(OP(=O)(Nc2ccccc2F)Oc2cccc(C)c2)c1. The lowest BCUT2D eigenvalue weighted by Gasteiger charge is -2.21. The molecular formula is C20H19FNO3P. The Morgan fingerprint density at radius 1 is 0.808 bits per heavy atom. The molecule has 0 saturated heterocycles. The van der Waals surface area contributed by atoms with Crippen LogP contribution in [0.25, 0.3) is 0 Å². The molecule has 0 bridgehead atoms. The fourth-order valence-electron chi connectivity index (χ4n) is 2.39. The second-order valence-corrected chi connectivity index (χ2v) is 7.49. The first kappa shape index (κ1) is 18.0. The van der Waals surface area contributed by atoms with E-state index in [4.69, 9.17) is 9.05 Å². The Kier molecular flexibility index (Phi) is 5.29. The van der Waals surface area contributed by atoms with Gasteiger partial charge in [0.2, 0.25) is 0 Å². The maximum Gasteiger partial charge on any atom is 0.541 e. The lowest BCUT2D eigenvalue weighted by atomic mass is 10.2. The molecule has 3 rings (SSSR count). The van der Waals surface area contributed by atoms with Crippen LogP contribution < -0.4 is 14.1 Å². The molecule has 0 unspecified atom stereocenters. The van der Waals surface area contributed by atoms with E-state index in [0.717, 1.165) is 11.1 Å². The predicted molar refractivity (Wildman–Crippen MR) is 101 cm³/mol. The van der Waals surface area contributed by atoms with Crippen molar-refractivity contribution < 1.29 is 18.0 Å². The Balaban J connectivity index is 1.94. The molecule has 1 N–H and O–H groups in total. The minimum absolute atomic E-state index is 0.0381. The molecule has 4 nitrogen and oxygen atoms in total. The van der Waals surface area contributed by atoms with Gasteiger partial charge in [-0.2, -0.15) is 0 Å². The van der Waals surface area contributed by atoms with Gasteiger partial charge < -0.3 is 9.05 Å². The van der Waals surface area contributed by atoms with Crippen molar-refractivity contribution in [3.63, 3.8) is 0 Å². The summed E-state index contributed by atoms with van der Waals surface area (Å²) in [7, 11) is -3.94. The molecule has 3 aromatic rings. The van der Waals surface area contributed by atoms with Crippen LogP contribution in [0.4, 0.5) is 10.1 Å². The van der Waals surface area contributed by atoms with Crippen LogP contribution in [0.2, 0.25) is 0 Å². The number of aryl methyl sites for hydroxylation is 2. The molecule has 26 heavy (non-hydrogen) atoms. The molecule has 134 valence electrons. The van der Waals surface area contributed by atoms with E-state index in [9.17, 15) is 8.96 Å². The lowest BCUT2D eigenvalue weighted by Crippen LogP contribution is -2.11. The van der Waals surface area contributed by atoms with Crippen LogP contribution >= 0.6 is 7.75 Å². The van der Waals surface area contributed by atoms with Gasteiger partial charge in [-0.1, -0.05) is 36.4 Å². The molecule has 0 amide bonds. The van der Waals surface area contributed by atoms with Gasteiger partial charge in [0.05, 0.1) is 5.69 Å². The molecule has 6 heteroatoms. The average molecular weight is 371 g/mol. The largest absolute Gasteiger partial charge is 0.541 e. The molecule has 0 radical (unpaired) electrons. The van der Waals surface area contributed by atoms with Crippen molar-refractivity contribution in [2.24, 2.45) is 0 Å². The van der Waals surface area contributed by atoms with E-state index in [1.165, 1.54) is 12.1 Å². The van der Waals surface area contributed by atoms with Crippen LogP contribution in [0, 0.1) is 19.7 Å². The van der Waals surface area contributed by atoms with E-state index >= 15 is 0 Å². The topological polar surface area (TPSA) is 47.6 Å². The minimum Gasteiger partial charge on any atom is -0.400 e. The summed E-state index contributed by atoms with van der Waals surface area (Å²) >= 11 is 0. The van der Waals surface area contributed by atoms with Gasteiger partial charge >= 0.3 is 7.75 Å². The van der Waals surface area contributed by atoms with Crippen LogP contribution in [-0.4, -0.2) is 0 Å². The third-order valence-electron chi connectivity index (χ3n) is 3.56. The van der Waals surface area contributed by atoms with Crippen molar-refractivity contribution in [2.75, 3.05) is 5.09 Å². The molecule has 3 aromatic carbocycles. The number of hydrogen-bond acceptors (Lipinski definition) is 3. The fourth-order valence-corrected chi connectivity index (χ4v) is 3.77. The summed E-state index contributed by atoms with van der Waals surface area (Å²) in [6.07, 6.45) is 0. The second kappa shape index (κ2) is 7.63. The van der Waals surface area contributed by atoms with Gasteiger partial charge in [-0.3, -0.25) is 5.09 Å². The van der Waals surface area contributed by atoms with Crippen molar-refractivity contribution in [1.29, 1.82) is 0 Å². The first-order chi connectivity index (χ1) is 12.4. The van der Waals surface area contributed by atoms with Crippen LogP contribution in [0.5, 0.6) is 11.5 Å². The third-order valence-corrected chi connectivity index (χ3v) is 4.98. The normalized spacial score (nSPS) is 11.0. The Hall–Kier alpha value is -2.78. The van der Waals surface area contributed by atoms with Crippen LogP contribution in [0.3, 0.4) is 0 Å². The number of rotatable bonds is 6. The van der Waals surface area contributed by atoms with Gasteiger partial charge in [0.1, 0.15) is 17.3 Å². The van der Waals surface area contributed by atoms with Gasteiger partial charge in [-0.25, -0.2) is 8.96 Å². The molecule has 0 aliphatic carbocycles. The maximum absolute atomic E-state index is 14.0. The molecule has 0 spiro atoms. The smallest absolute Gasteiger partial charge is 0.400 e. The van der Waals surface area contributed by atoms with E-state index in [0.29, 0.717) is 11.5 Å². The first-order valence-corrected chi connectivity index (χ1v) is 9.63. The predicted octanol–water partition coefficient (Wildman–Crippen LogP) is 6.12. The molecule has 0 atom stereocenters. The number of hydrogen-bond donors (Lipinski definition) is 1. The minimum atomic E-state index is -3.94. The molecule has 0 aliphatic rings. The highest BCUT2D eigenvalue weighted by molar-refractivity contribution is 7.56. The Morgan fingerprint density at radius 2 is 1.35 bits per heavy atom. The number of nitrogens with one attached hydrogen (secondary N) is 1. The fraction of sp³-hybridized carbons (Fsp3) is 0.100. The van der Waals surface area contributed by atoms with Gasteiger partial charge in [0.25, 0.3) is 0 Å². The van der Waals surface area contributed by atoms with Crippen molar-refractivity contribution in [3.8, 4) is 11.5 Å². The first-order valence-electron chi connectivity index (χ1n) is 8.09. The molecule has 0 saturated carbocycles. The quantitative estimate of drug-likeness (QED) is 0.530. The summed E-state index contributed by atoms with van der Waals surface area (Å²) in [4.78, 5) is 0. The van der Waals surface area contributed by atoms with Crippen LogP contribution in [-0.2, 0) is 4.57 Å². The summed E-state index contributed by atoms with van der Waals surface area (Å²) in [6, 6.07) is 20.1. The summed E-state index contributed by atoms with van der Waals surface area (Å²) in [5.74, 6) is 0.183. The summed E-state index contributed by atoms with van der Waals surface area (Å²) < 4.78 is 38.7. The number of anilines is 1. The van der Waals surface area contributed by atoms with Crippen LogP contribution in [0.15, 0.2) is 72.8 Å². The Bertz CT molecular complexity index is 910. The van der Waals surface area contributed by atoms with Gasteiger partial charge in [0.15, 0.2) is 0 Å². The zero-order chi connectivity index (χ0) is 18.6. The molecule has 0 heterocycles. The van der Waals surface area contributed by atoms with E-state index in [2.05, 4.69) is 5.09 Å². The maximum atomic E-state index is 14.0. The second-order valence-electron chi connectivity index (χ2n) is 5.90. The van der Waals surface area contributed by atoms with Gasteiger partial charge in [-0.15, -0.1) is 0 Å². The third kappa shape index (κ3) is 4.64. The number of para-hydroxylation sites is 1. The van der Waals surface area contributed by atoms with E-state index in [1.807, 2.05) is 26.0 Å². The summed E-state index contributed by atoms with van der Waals surface area (Å²) in [6.45, 7) is 3.78. The van der Waals surface area contributed by atoms with Crippen molar-refractivity contribution in [1.82, 2.24) is 0 Å². The van der Waals surface area contributed by atoms with Gasteiger partial charge in [0, 0.05) is 0 Å². The van der Waals surface area contributed by atoms with E-state index in [1.54, 1.807) is 48.5 Å². The van der Waals surface area contributed by atoms with Crippen LogP contribution in [0.1, 0.15) is 11.1 Å². The number of halogens is 1. The highest BCUT2D eigenvalue weighted by Gasteiger charge is 2.30. The molecule has 0 fully saturated rings.